The molecular formula is C24H10N12. The normalized spacial score (nSPS) is 10.8. The van der Waals surface area contributed by atoms with Crippen LogP contribution in [0.4, 0.5) is 5.82 Å². The quantitative estimate of drug-likeness (QED) is 0.368. The van der Waals surface area contributed by atoms with E-state index in [-0.39, 0.29) is 34.0 Å². The van der Waals surface area contributed by atoms with E-state index >= 15 is 0 Å². The largest absolute Gasteiger partial charge is 0.371 e. The van der Waals surface area contributed by atoms with Gasteiger partial charge in [0.2, 0.25) is 0 Å². The maximum atomic E-state index is 9.33. The molecule has 2 aromatic carbocycles. The summed E-state index contributed by atoms with van der Waals surface area (Å²) in [5.74, 6) is 0.343. The Hall–Kier alpha value is -5.93. The van der Waals surface area contributed by atoms with Gasteiger partial charge < -0.3 is 5.32 Å². The van der Waals surface area contributed by atoms with Gasteiger partial charge in [0, 0.05) is 7.05 Å². The van der Waals surface area contributed by atoms with Crippen LogP contribution in [0.5, 0.6) is 0 Å². The van der Waals surface area contributed by atoms with Gasteiger partial charge in [-0.25, -0.2) is 39.9 Å². The zero-order chi connectivity index (χ0) is 24.8. The standard InChI is InChI=1S/C24H10N12/c1-28-20-19(10-27)35-23-24(36-20)30-14-5-3-12(7-16(14)32-23)11-2-4-13-15(6-11)31-22-21(29-13)33-17(8-25)18(9-26)34-22/h2-7H,1H3,(H,28,30,36). The summed E-state index contributed by atoms with van der Waals surface area (Å²) in [4.78, 5) is 34.9. The van der Waals surface area contributed by atoms with Crippen LogP contribution >= 0.6 is 0 Å². The number of nitrogens with one attached hydrogen (secondary N) is 1. The fourth-order valence-corrected chi connectivity index (χ4v) is 3.77. The van der Waals surface area contributed by atoms with Crippen LogP contribution in [-0.2, 0) is 0 Å². The molecule has 1 N–H and O–H groups in total. The van der Waals surface area contributed by atoms with Crippen molar-refractivity contribution in [2.24, 2.45) is 0 Å². The number of benzene rings is 2. The van der Waals surface area contributed by atoms with Gasteiger partial charge in [-0.1, -0.05) is 12.1 Å². The molecule has 0 saturated heterocycles. The zero-order valence-corrected chi connectivity index (χ0v) is 18.4. The third kappa shape index (κ3) is 3.21. The predicted molar refractivity (Wildman–Crippen MR) is 128 cm³/mol. The predicted octanol–water partition coefficient (Wildman–Crippen LogP) is 2.78. The first-order valence-electron chi connectivity index (χ1n) is 10.5. The molecule has 12 heteroatoms. The first-order valence-corrected chi connectivity index (χ1v) is 10.5. The molecule has 0 unspecified atom stereocenters. The molecule has 0 aliphatic rings. The van der Waals surface area contributed by atoms with Gasteiger partial charge in [-0.15, -0.1) is 0 Å². The topological polar surface area (TPSA) is 187 Å². The van der Waals surface area contributed by atoms with Crippen molar-refractivity contribution in [1.82, 2.24) is 39.9 Å². The summed E-state index contributed by atoms with van der Waals surface area (Å²) >= 11 is 0. The Kier molecular flexibility index (Phi) is 4.50. The summed E-state index contributed by atoms with van der Waals surface area (Å²) in [5, 5.41) is 30.6. The second-order valence-electron chi connectivity index (χ2n) is 7.58. The van der Waals surface area contributed by atoms with E-state index in [0.717, 1.165) is 11.1 Å². The summed E-state index contributed by atoms with van der Waals surface area (Å²) in [5.41, 5.74) is 4.97. The number of nitriles is 3. The molecule has 0 bridgehead atoms. The molecule has 4 aromatic heterocycles. The molecule has 0 aliphatic carbocycles. The minimum Gasteiger partial charge on any atom is -0.371 e. The van der Waals surface area contributed by atoms with E-state index in [0.29, 0.717) is 33.5 Å². The van der Waals surface area contributed by atoms with Crippen molar-refractivity contribution in [3.63, 3.8) is 0 Å². The van der Waals surface area contributed by atoms with Crippen LogP contribution in [-0.4, -0.2) is 46.9 Å². The number of anilines is 1. The van der Waals surface area contributed by atoms with E-state index in [9.17, 15) is 15.8 Å². The molecule has 12 nitrogen and oxygen atoms in total. The average molecular weight is 466 g/mol. The fraction of sp³-hybridized carbons (Fsp3) is 0.0417. The van der Waals surface area contributed by atoms with Gasteiger partial charge in [0.15, 0.2) is 45.5 Å². The smallest absolute Gasteiger partial charge is 0.200 e. The molecule has 6 aromatic rings. The molecule has 0 fully saturated rings. The van der Waals surface area contributed by atoms with Crippen LogP contribution < -0.4 is 5.32 Å². The van der Waals surface area contributed by atoms with Crippen molar-refractivity contribution < 1.29 is 0 Å². The summed E-state index contributed by atoms with van der Waals surface area (Å²) in [7, 11) is 1.66. The lowest BCUT2D eigenvalue weighted by atomic mass is 10.0. The Labute approximate surface area is 201 Å². The van der Waals surface area contributed by atoms with Gasteiger partial charge in [0.05, 0.1) is 22.1 Å². The van der Waals surface area contributed by atoms with E-state index in [1.165, 1.54) is 0 Å². The van der Waals surface area contributed by atoms with Gasteiger partial charge in [-0.05, 0) is 35.4 Å². The number of hydrogen-bond acceptors (Lipinski definition) is 12. The third-order valence-corrected chi connectivity index (χ3v) is 5.46. The molecule has 0 spiro atoms. The fourth-order valence-electron chi connectivity index (χ4n) is 3.77. The van der Waals surface area contributed by atoms with Crippen LogP contribution in [0, 0.1) is 34.0 Å². The number of fused-ring (bicyclic) bond motifs is 4. The number of aromatic nitrogens is 8. The Balaban J connectivity index is 1.49. The number of rotatable bonds is 2. The second kappa shape index (κ2) is 7.83. The highest BCUT2D eigenvalue weighted by molar-refractivity contribution is 5.90. The maximum Gasteiger partial charge on any atom is 0.200 e. The van der Waals surface area contributed by atoms with Crippen molar-refractivity contribution >= 4 is 50.5 Å². The summed E-state index contributed by atoms with van der Waals surface area (Å²) in [6.07, 6.45) is 0. The Bertz CT molecular complexity index is 2030. The zero-order valence-electron chi connectivity index (χ0n) is 18.4. The van der Waals surface area contributed by atoms with Gasteiger partial charge in [-0.2, -0.15) is 15.8 Å². The lowest BCUT2D eigenvalue weighted by molar-refractivity contribution is 1.14. The van der Waals surface area contributed by atoms with Gasteiger partial charge >= 0.3 is 0 Å². The van der Waals surface area contributed by atoms with E-state index in [2.05, 4.69) is 45.2 Å². The van der Waals surface area contributed by atoms with E-state index < -0.39 is 0 Å². The molecule has 36 heavy (non-hydrogen) atoms. The minimum absolute atomic E-state index is 0.0890. The van der Waals surface area contributed by atoms with E-state index in [1.807, 2.05) is 48.5 Å². The highest BCUT2D eigenvalue weighted by Crippen LogP contribution is 2.27. The minimum atomic E-state index is -0.0976. The Morgan fingerprint density at radius 3 is 1.39 bits per heavy atom. The molecule has 0 amide bonds. The third-order valence-electron chi connectivity index (χ3n) is 5.46. The molecule has 6 rings (SSSR count). The SMILES string of the molecule is CNc1nc2nc3ccc(-c4ccc5nc6nc(C#N)c(C#N)nc6nc5c4)cc3nc2nc1C#N. The average Bonchev–Trinajstić information content (AvgIpc) is 2.92. The molecule has 4 heterocycles. The van der Waals surface area contributed by atoms with Crippen molar-refractivity contribution in [3.8, 4) is 29.3 Å². The van der Waals surface area contributed by atoms with Crippen molar-refractivity contribution in [2.45, 2.75) is 0 Å². The lowest BCUT2D eigenvalue weighted by Gasteiger charge is -2.07. The van der Waals surface area contributed by atoms with Gasteiger partial charge in [-0.3, -0.25) is 0 Å². The van der Waals surface area contributed by atoms with Crippen LogP contribution in [0.3, 0.4) is 0 Å². The monoisotopic (exact) mass is 466 g/mol. The molecule has 0 saturated carbocycles. The van der Waals surface area contributed by atoms with Crippen molar-refractivity contribution in [3.05, 3.63) is 53.5 Å². The molecule has 166 valence electrons. The number of nitrogens with zero attached hydrogens (tertiary/aromatic N) is 11. The van der Waals surface area contributed by atoms with E-state index in [1.54, 1.807) is 13.1 Å². The van der Waals surface area contributed by atoms with Gasteiger partial charge in [0.1, 0.15) is 18.2 Å². The summed E-state index contributed by atoms with van der Waals surface area (Å²) in [6.45, 7) is 0. The van der Waals surface area contributed by atoms with Crippen LogP contribution in [0.15, 0.2) is 36.4 Å². The van der Waals surface area contributed by atoms with Crippen molar-refractivity contribution in [2.75, 3.05) is 12.4 Å². The first kappa shape index (κ1) is 20.7. The molecular weight excluding hydrogens is 456 g/mol. The second-order valence-corrected chi connectivity index (χ2v) is 7.58. The maximum absolute atomic E-state index is 9.33. The van der Waals surface area contributed by atoms with Crippen molar-refractivity contribution in [1.29, 1.82) is 15.8 Å². The Morgan fingerprint density at radius 1 is 0.528 bits per heavy atom. The highest BCUT2D eigenvalue weighted by atomic mass is 15.1. The molecule has 0 atom stereocenters. The first-order chi connectivity index (χ1) is 17.6. The van der Waals surface area contributed by atoms with E-state index in [4.69, 9.17) is 0 Å². The van der Waals surface area contributed by atoms with Crippen LogP contribution in [0.25, 0.3) is 55.8 Å². The molecule has 0 aliphatic heterocycles. The van der Waals surface area contributed by atoms with Crippen LogP contribution in [0.1, 0.15) is 17.1 Å². The summed E-state index contributed by atoms with van der Waals surface area (Å²) in [6, 6.07) is 16.8. The van der Waals surface area contributed by atoms with Gasteiger partial charge in [0.25, 0.3) is 0 Å². The Morgan fingerprint density at radius 2 is 0.944 bits per heavy atom. The molecule has 0 radical (unpaired) electrons. The number of hydrogen-bond donors (Lipinski definition) is 1. The lowest BCUT2D eigenvalue weighted by Crippen LogP contribution is -2.02. The summed E-state index contributed by atoms with van der Waals surface area (Å²) < 4.78 is 0. The highest BCUT2D eigenvalue weighted by Gasteiger charge is 2.14. The van der Waals surface area contributed by atoms with Crippen LogP contribution in [0.2, 0.25) is 0 Å².